The molecule has 1 aromatic heterocycles. The van der Waals surface area contributed by atoms with Gasteiger partial charge in [-0.1, -0.05) is 24.3 Å². The molecule has 9 heteroatoms. The Morgan fingerprint density at radius 3 is 2.50 bits per heavy atom. The van der Waals surface area contributed by atoms with E-state index in [1.807, 2.05) is 32.0 Å². The first-order chi connectivity index (χ1) is 14.4. The normalized spacial score (nSPS) is 11.7. The summed E-state index contributed by atoms with van der Waals surface area (Å²) < 4.78 is 21.1. The van der Waals surface area contributed by atoms with Crippen LogP contribution in [0.4, 0.5) is 5.95 Å². The summed E-state index contributed by atoms with van der Waals surface area (Å²) in [6.07, 6.45) is 0. The van der Waals surface area contributed by atoms with Gasteiger partial charge in [0.1, 0.15) is 6.61 Å². The number of nitrogens with zero attached hydrogens (tertiary/aromatic N) is 2. The first-order valence-electron chi connectivity index (χ1n) is 9.19. The van der Waals surface area contributed by atoms with E-state index in [1.165, 1.54) is 18.2 Å². The molecule has 4 N–H and O–H groups in total. The van der Waals surface area contributed by atoms with Crippen LogP contribution in [-0.4, -0.2) is 38.4 Å². The number of anilines is 1. The lowest BCUT2D eigenvalue weighted by molar-refractivity contribution is 0.0696. The van der Waals surface area contributed by atoms with Crippen molar-refractivity contribution in [2.24, 2.45) is 5.73 Å². The maximum atomic E-state index is 12.8. The lowest BCUT2D eigenvalue weighted by atomic mass is 10.00. The summed E-state index contributed by atoms with van der Waals surface area (Å²) in [5.74, 6) is -0.701. The molecule has 0 spiro atoms. The summed E-state index contributed by atoms with van der Waals surface area (Å²) in [7, 11) is -1.77. The molecule has 0 aliphatic rings. The zero-order chi connectivity index (χ0) is 21.7. The zero-order valence-corrected chi connectivity index (χ0v) is 17.4. The van der Waals surface area contributed by atoms with Crippen LogP contribution < -0.4 is 15.2 Å². The van der Waals surface area contributed by atoms with Crippen molar-refractivity contribution in [3.63, 3.8) is 0 Å². The van der Waals surface area contributed by atoms with Gasteiger partial charge in [0.05, 0.1) is 16.2 Å². The summed E-state index contributed by atoms with van der Waals surface area (Å²) in [6.45, 7) is 4.55. The number of nitrogens with one attached hydrogen (secondary N) is 1. The number of aromatic carboxylic acids is 1. The summed E-state index contributed by atoms with van der Waals surface area (Å²) in [5, 5.41) is 9.14. The largest absolute Gasteiger partial charge is 0.478 e. The Labute approximate surface area is 176 Å². The number of carboxylic acid groups (broad SMARTS) is 1. The third-order valence-electron chi connectivity index (χ3n) is 4.29. The number of aromatic nitrogens is 2. The molecule has 0 saturated heterocycles. The van der Waals surface area contributed by atoms with Gasteiger partial charge < -0.3 is 15.6 Å². The number of aryl methyl sites for hydroxylation is 2. The number of hydrogen-bond acceptors (Lipinski definition) is 6. The second kappa shape index (κ2) is 9.47. The second-order valence-corrected chi connectivity index (χ2v) is 7.74. The molecule has 0 aliphatic carbocycles. The molecule has 0 radical (unpaired) electrons. The van der Waals surface area contributed by atoms with Gasteiger partial charge in [0, 0.05) is 18.2 Å². The Hall–Kier alpha value is -3.30. The second-order valence-electron chi connectivity index (χ2n) is 6.52. The highest BCUT2D eigenvalue weighted by Gasteiger charge is 2.15. The van der Waals surface area contributed by atoms with E-state index >= 15 is 0 Å². The molecule has 8 nitrogen and oxygen atoms in total. The number of rotatable bonds is 8. The zero-order valence-electron chi connectivity index (χ0n) is 16.6. The lowest BCUT2D eigenvalue weighted by Crippen LogP contribution is -2.13. The molecular weight excluding hydrogens is 404 g/mol. The van der Waals surface area contributed by atoms with Crippen LogP contribution in [0, 0.1) is 13.8 Å². The summed E-state index contributed by atoms with van der Waals surface area (Å²) in [5.41, 5.74) is 9.17. The van der Waals surface area contributed by atoms with Crippen LogP contribution in [0.2, 0.25) is 0 Å². The molecule has 3 rings (SSSR count). The average Bonchev–Trinajstić information content (AvgIpc) is 2.72. The summed E-state index contributed by atoms with van der Waals surface area (Å²) in [4.78, 5) is 20.2. The summed E-state index contributed by atoms with van der Waals surface area (Å²) in [6, 6.07) is 13.5. The van der Waals surface area contributed by atoms with Crippen LogP contribution in [0.5, 0.6) is 5.88 Å². The fraction of sp³-hybridized carbons (Fsp3) is 0.190. The fourth-order valence-electron chi connectivity index (χ4n) is 2.94. The van der Waals surface area contributed by atoms with E-state index in [0.29, 0.717) is 23.0 Å². The van der Waals surface area contributed by atoms with Crippen molar-refractivity contribution in [3.8, 4) is 17.1 Å². The van der Waals surface area contributed by atoms with Gasteiger partial charge in [0.2, 0.25) is 11.8 Å². The van der Waals surface area contributed by atoms with E-state index in [9.17, 15) is 9.00 Å². The monoisotopic (exact) mass is 426 g/mol. The average molecular weight is 426 g/mol. The SMILES string of the molecule is Cc1cccc(C)c1-c1cc(OCCN)nc(NS(=O)c2cccc(C(=O)O)c2)n1. The molecule has 2 aromatic carbocycles. The van der Waals surface area contributed by atoms with Gasteiger partial charge in [-0.2, -0.15) is 4.98 Å². The fourth-order valence-corrected chi connectivity index (χ4v) is 3.75. The third kappa shape index (κ3) is 5.00. The predicted octanol–water partition coefficient (Wildman–Crippen LogP) is 2.93. The predicted molar refractivity (Wildman–Crippen MR) is 115 cm³/mol. The molecule has 0 fully saturated rings. The van der Waals surface area contributed by atoms with Crippen LogP contribution in [0.15, 0.2) is 53.4 Å². The molecule has 1 unspecified atom stereocenters. The van der Waals surface area contributed by atoms with Crippen LogP contribution in [0.3, 0.4) is 0 Å². The van der Waals surface area contributed by atoms with E-state index in [0.717, 1.165) is 16.7 Å². The van der Waals surface area contributed by atoms with Gasteiger partial charge in [0.25, 0.3) is 0 Å². The number of carboxylic acids is 1. The van der Waals surface area contributed by atoms with Crippen molar-refractivity contribution in [1.29, 1.82) is 0 Å². The maximum absolute atomic E-state index is 12.8. The van der Waals surface area contributed by atoms with Crippen molar-refractivity contribution in [2.45, 2.75) is 18.7 Å². The molecule has 0 saturated carbocycles. The number of ether oxygens (including phenoxy) is 1. The Kier molecular flexibility index (Phi) is 6.76. The van der Waals surface area contributed by atoms with E-state index in [2.05, 4.69) is 14.7 Å². The van der Waals surface area contributed by atoms with Gasteiger partial charge in [-0.05, 0) is 43.2 Å². The maximum Gasteiger partial charge on any atom is 0.335 e. The summed E-state index contributed by atoms with van der Waals surface area (Å²) >= 11 is 0. The Bertz CT molecular complexity index is 1080. The smallest absolute Gasteiger partial charge is 0.335 e. The van der Waals surface area contributed by atoms with Crippen molar-refractivity contribution in [2.75, 3.05) is 17.9 Å². The minimum atomic E-state index is -1.77. The van der Waals surface area contributed by atoms with Crippen LogP contribution in [0.1, 0.15) is 21.5 Å². The Morgan fingerprint density at radius 1 is 1.13 bits per heavy atom. The topological polar surface area (TPSA) is 127 Å². The molecule has 156 valence electrons. The van der Waals surface area contributed by atoms with E-state index in [-0.39, 0.29) is 18.1 Å². The molecule has 0 aliphatic heterocycles. The highest BCUT2D eigenvalue weighted by Crippen LogP contribution is 2.29. The van der Waals surface area contributed by atoms with E-state index in [1.54, 1.807) is 12.1 Å². The molecule has 3 aromatic rings. The van der Waals surface area contributed by atoms with Crippen molar-refractivity contribution in [1.82, 2.24) is 9.97 Å². The van der Waals surface area contributed by atoms with E-state index < -0.39 is 17.0 Å². The van der Waals surface area contributed by atoms with Crippen LogP contribution >= 0.6 is 0 Å². The van der Waals surface area contributed by atoms with Gasteiger partial charge in [-0.3, -0.25) is 4.72 Å². The molecule has 1 atom stereocenters. The Balaban J connectivity index is 1.98. The van der Waals surface area contributed by atoms with Crippen LogP contribution in [0.25, 0.3) is 11.3 Å². The lowest BCUT2D eigenvalue weighted by Gasteiger charge is -2.13. The molecule has 1 heterocycles. The number of hydrogen-bond donors (Lipinski definition) is 3. The molecular formula is C21H22N4O4S. The quantitative estimate of drug-likeness (QED) is 0.505. The molecule has 30 heavy (non-hydrogen) atoms. The van der Waals surface area contributed by atoms with Gasteiger partial charge in [-0.15, -0.1) is 0 Å². The van der Waals surface area contributed by atoms with Crippen molar-refractivity contribution >= 4 is 22.9 Å². The number of nitrogens with two attached hydrogens (primary N) is 1. The molecule has 0 amide bonds. The first kappa shape index (κ1) is 21.4. The van der Waals surface area contributed by atoms with Gasteiger partial charge in [-0.25, -0.2) is 14.0 Å². The molecule has 0 bridgehead atoms. The minimum Gasteiger partial charge on any atom is -0.478 e. The van der Waals surface area contributed by atoms with Gasteiger partial charge >= 0.3 is 5.97 Å². The van der Waals surface area contributed by atoms with Gasteiger partial charge in [0.15, 0.2) is 11.0 Å². The Morgan fingerprint density at radius 2 is 1.83 bits per heavy atom. The first-order valence-corrected chi connectivity index (χ1v) is 10.3. The number of benzene rings is 2. The standard InChI is InChI=1S/C21H22N4O4S/c1-13-5-3-6-14(2)19(13)17-12-18(29-10-9-22)24-21(23-17)25-30(28)16-8-4-7-15(11-16)20(26)27/h3-8,11-12H,9-10,22H2,1-2H3,(H,26,27)(H,23,24,25). The number of carbonyl (C=O) groups is 1. The minimum absolute atomic E-state index is 0.0415. The van der Waals surface area contributed by atoms with E-state index in [4.69, 9.17) is 15.6 Å². The van der Waals surface area contributed by atoms with Crippen LogP contribution in [-0.2, 0) is 11.0 Å². The van der Waals surface area contributed by atoms with Crippen molar-refractivity contribution in [3.05, 3.63) is 65.2 Å². The van der Waals surface area contributed by atoms with Crippen molar-refractivity contribution < 1.29 is 18.8 Å². The highest BCUT2D eigenvalue weighted by atomic mass is 32.2. The third-order valence-corrected chi connectivity index (χ3v) is 5.34. The highest BCUT2D eigenvalue weighted by molar-refractivity contribution is 7.86.